The third-order valence-corrected chi connectivity index (χ3v) is 4.13. The molecule has 1 fully saturated rings. The van der Waals surface area contributed by atoms with Gasteiger partial charge in [0.1, 0.15) is 0 Å². The molecule has 4 nitrogen and oxygen atoms in total. The lowest BCUT2D eigenvalue weighted by molar-refractivity contribution is 0.705. The monoisotopic (exact) mass is 231 g/mol. The first-order valence-electron chi connectivity index (χ1n) is 5.95. The number of nitrogens with zero attached hydrogens (tertiary/aromatic N) is 2. The van der Waals surface area contributed by atoms with E-state index in [1.807, 2.05) is 13.1 Å². The Morgan fingerprint density at radius 1 is 1.24 bits per heavy atom. The van der Waals surface area contributed by atoms with Crippen LogP contribution in [-0.4, -0.2) is 15.7 Å². The normalized spacial score (nSPS) is 17.6. The summed E-state index contributed by atoms with van der Waals surface area (Å²) in [4.78, 5) is 11.8. The van der Waals surface area contributed by atoms with Crippen molar-refractivity contribution in [2.24, 2.45) is 19.8 Å². The van der Waals surface area contributed by atoms with Crippen molar-refractivity contribution in [3.05, 3.63) is 34.2 Å². The molecule has 0 aliphatic heterocycles. The predicted octanol–water partition coefficient (Wildman–Crippen LogP) is 0.867. The fourth-order valence-corrected chi connectivity index (χ4v) is 2.60. The fraction of sp³-hybridized carbons (Fsp3) is 0.462. The molecule has 4 heteroatoms. The van der Waals surface area contributed by atoms with E-state index in [4.69, 9.17) is 5.73 Å². The molecule has 1 saturated carbocycles. The van der Waals surface area contributed by atoms with Gasteiger partial charge in [-0.15, -0.1) is 0 Å². The van der Waals surface area contributed by atoms with Gasteiger partial charge >= 0.3 is 5.69 Å². The highest BCUT2D eigenvalue weighted by atomic mass is 16.1. The highest BCUT2D eigenvalue weighted by Gasteiger charge is 2.42. The molecule has 0 radical (unpaired) electrons. The van der Waals surface area contributed by atoms with Crippen LogP contribution in [0.1, 0.15) is 18.4 Å². The number of rotatable bonds is 2. The molecule has 0 unspecified atom stereocenters. The minimum atomic E-state index is 0.0229. The van der Waals surface area contributed by atoms with E-state index >= 15 is 0 Å². The van der Waals surface area contributed by atoms with Gasteiger partial charge in [0.2, 0.25) is 0 Å². The average molecular weight is 231 g/mol. The number of imidazole rings is 1. The van der Waals surface area contributed by atoms with Crippen LogP contribution in [0, 0.1) is 0 Å². The SMILES string of the molecule is Cn1c(=O)n(C)c2cc(C3(CN)CC3)ccc21. The Morgan fingerprint density at radius 3 is 2.47 bits per heavy atom. The molecule has 1 aromatic carbocycles. The van der Waals surface area contributed by atoms with Gasteiger partial charge in [-0.2, -0.15) is 0 Å². The molecule has 0 amide bonds. The molecule has 2 N–H and O–H groups in total. The summed E-state index contributed by atoms with van der Waals surface area (Å²) in [6.45, 7) is 0.694. The molecule has 2 aromatic rings. The summed E-state index contributed by atoms with van der Waals surface area (Å²) >= 11 is 0. The lowest BCUT2D eigenvalue weighted by atomic mass is 9.96. The maximum Gasteiger partial charge on any atom is 0.328 e. The zero-order valence-electron chi connectivity index (χ0n) is 10.2. The van der Waals surface area contributed by atoms with E-state index in [9.17, 15) is 4.79 Å². The van der Waals surface area contributed by atoms with E-state index in [1.165, 1.54) is 5.56 Å². The van der Waals surface area contributed by atoms with Crippen LogP contribution in [0.5, 0.6) is 0 Å². The van der Waals surface area contributed by atoms with Crippen molar-refractivity contribution in [2.75, 3.05) is 6.54 Å². The minimum absolute atomic E-state index is 0.0229. The number of aryl methyl sites for hydroxylation is 2. The standard InChI is InChI=1S/C13H17N3O/c1-15-10-4-3-9(13(8-14)5-6-13)7-11(10)16(2)12(15)17/h3-4,7H,5-6,8,14H2,1-2H3. The second kappa shape index (κ2) is 3.23. The maximum absolute atomic E-state index is 11.8. The number of aromatic nitrogens is 2. The van der Waals surface area contributed by atoms with Crippen LogP contribution in [0.15, 0.2) is 23.0 Å². The molecule has 1 heterocycles. The summed E-state index contributed by atoms with van der Waals surface area (Å²) in [5.74, 6) is 0. The molecule has 1 aromatic heterocycles. The first-order chi connectivity index (χ1) is 8.09. The van der Waals surface area contributed by atoms with Crippen molar-refractivity contribution in [3.8, 4) is 0 Å². The van der Waals surface area contributed by atoms with E-state index in [0.717, 1.165) is 23.9 Å². The van der Waals surface area contributed by atoms with Crippen LogP contribution in [0.4, 0.5) is 0 Å². The highest BCUT2D eigenvalue weighted by Crippen LogP contribution is 2.47. The molecule has 1 aliphatic rings. The topological polar surface area (TPSA) is 53.0 Å². The Hall–Kier alpha value is -1.55. The first kappa shape index (κ1) is 10.6. The molecular weight excluding hydrogens is 214 g/mol. The van der Waals surface area contributed by atoms with Crippen LogP contribution in [-0.2, 0) is 19.5 Å². The van der Waals surface area contributed by atoms with Crippen molar-refractivity contribution >= 4 is 11.0 Å². The lowest BCUT2D eigenvalue weighted by Gasteiger charge is -2.12. The second-order valence-corrected chi connectivity index (χ2v) is 5.09. The quantitative estimate of drug-likeness (QED) is 0.833. The van der Waals surface area contributed by atoms with E-state index in [-0.39, 0.29) is 11.1 Å². The third kappa shape index (κ3) is 1.30. The van der Waals surface area contributed by atoms with Gasteiger partial charge in [-0.25, -0.2) is 4.79 Å². The van der Waals surface area contributed by atoms with Crippen molar-refractivity contribution in [2.45, 2.75) is 18.3 Å². The Morgan fingerprint density at radius 2 is 1.88 bits per heavy atom. The summed E-state index contributed by atoms with van der Waals surface area (Å²) in [6.07, 6.45) is 2.32. The molecule has 1 aliphatic carbocycles. The molecular formula is C13H17N3O. The number of hydrogen-bond donors (Lipinski definition) is 1. The second-order valence-electron chi connectivity index (χ2n) is 5.09. The molecule has 0 saturated heterocycles. The molecule has 0 bridgehead atoms. The summed E-state index contributed by atoms with van der Waals surface area (Å²) < 4.78 is 3.38. The largest absolute Gasteiger partial charge is 0.330 e. The van der Waals surface area contributed by atoms with Crippen LogP contribution in [0.2, 0.25) is 0 Å². The smallest absolute Gasteiger partial charge is 0.328 e. The summed E-state index contributed by atoms with van der Waals surface area (Å²) in [7, 11) is 3.62. The van der Waals surface area contributed by atoms with Crippen LogP contribution < -0.4 is 11.4 Å². The zero-order valence-corrected chi connectivity index (χ0v) is 10.2. The number of benzene rings is 1. The average Bonchev–Trinajstić information content (AvgIpc) is 3.12. The predicted molar refractivity (Wildman–Crippen MR) is 68.1 cm³/mol. The number of hydrogen-bond acceptors (Lipinski definition) is 2. The van der Waals surface area contributed by atoms with E-state index < -0.39 is 0 Å². The zero-order chi connectivity index (χ0) is 12.2. The van der Waals surface area contributed by atoms with Crippen molar-refractivity contribution in [3.63, 3.8) is 0 Å². The van der Waals surface area contributed by atoms with Gasteiger partial charge in [-0.05, 0) is 30.5 Å². The van der Waals surface area contributed by atoms with Crippen molar-refractivity contribution in [1.29, 1.82) is 0 Å². The van der Waals surface area contributed by atoms with Gasteiger partial charge in [-0.1, -0.05) is 6.07 Å². The minimum Gasteiger partial charge on any atom is -0.330 e. The first-order valence-corrected chi connectivity index (χ1v) is 5.95. The van der Waals surface area contributed by atoms with Gasteiger partial charge in [0.05, 0.1) is 11.0 Å². The summed E-state index contributed by atoms with van der Waals surface area (Å²) in [6, 6.07) is 6.26. The molecule has 90 valence electrons. The maximum atomic E-state index is 11.8. The molecule has 0 atom stereocenters. The van der Waals surface area contributed by atoms with Crippen molar-refractivity contribution < 1.29 is 0 Å². The summed E-state index contributed by atoms with van der Waals surface area (Å²) in [5.41, 5.74) is 9.30. The van der Waals surface area contributed by atoms with Gasteiger partial charge in [-0.3, -0.25) is 9.13 Å². The Kier molecular flexibility index (Phi) is 2.01. The van der Waals surface area contributed by atoms with Gasteiger partial charge in [0, 0.05) is 26.1 Å². The lowest BCUT2D eigenvalue weighted by Crippen LogP contribution is -2.20. The number of nitrogens with two attached hydrogens (primary N) is 1. The number of fused-ring (bicyclic) bond motifs is 1. The Labute approximate surface area is 99.6 Å². The fourth-order valence-electron chi connectivity index (χ4n) is 2.60. The van der Waals surface area contributed by atoms with Crippen LogP contribution >= 0.6 is 0 Å². The van der Waals surface area contributed by atoms with Gasteiger partial charge in [0.15, 0.2) is 0 Å². The van der Waals surface area contributed by atoms with Crippen molar-refractivity contribution in [1.82, 2.24) is 9.13 Å². The van der Waals surface area contributed by atoms with E-state index in [1.54, 1.807) is 16.2 Å². The Bertz CT molecular complexity index is 646. The highest BCUT2D eigenvalue weighted by molar-refractivity contribution is 5.77. The van der Waals surface area contributed by atoms with Gasteiger partial charge in [0.25, 0.3) is 0 Å². The summed E-state index contributed by atoms with van der Waals surface area (Å²) in [5, 5.41) is 0. The van der Waals surface area contributed by atoms with Crippen LogP contribution in [0.3, 0.4) is 0 Å². The third-order valence-electron chi connectivity index (χ3n) is 4.13. The molecule has 3 rings (SSSR count). The van der Waals surface area contributed by atoms with Crippen LogP contribution in [0.25, 0.3) is 11.0 Å². The van der Waals surface area contributed by atoms with E-state index in [2.05, 4.69) is 12.1 Å². The Balaban J connectivity index is 2.27. The molecule has 17 heavy (non-hydrogen) atoms. The van der Waals surface area contributed by atoms with E-state index in [0.29, 0.717) is 6.54 Å². The van der Waals surface area contributed by atoms with Gasteiger partial charge < -0.3 is 5.73 Å². The molecule has 0 spiro atoms.